The maximum atomic E-state index is 11.1. The molecule has 0 aliphatic rings. The van der Waals surface area contributed by atoms with Gasteiger partial charge in [-0.3, -0.25) is 4.79 Å². The van der Waals surface area contributed by atoms with E-state index < -0.39 is 0 Å². The van der Waals surface area contributed by atoms with Crippen LogP contribution in [0.5, 0.6) is 5.75 Å². The Labute approximate surface area is 93.4 Å². The second-order valence-corrected chi connectivity index (χ2v) is 3.12. The van der Waals surface area contributed by atoms with E-state index >= 15 is 0 Å². The van der Waals surface area contributed by atoms with Crippen LogP contribution in [0.3, 0.4) is 0 Å². The molecule has 0 saturated carbocycles. The minimum atomic E-state index is -0.387. The number of nitrogen functional groups attached to an aromatic ring is 1. The van der Waals surface area contributed by atoms with Crippen LogP contribution in [-0.2, 0) is 16.0 Å². The fourth-order valence-corrected chi connectivity index (χ4v) is 1.30. The van der Waals surface area contributed by atoms with Gasteiger partial charge in [0.05, 0.1) is 26.2 Å². The highest BCUT2D eigenvalue weighted by Gasteiger charge is 2.12. The van der Waals surface area contributed by atoms with Crippen molar-refractivity contribution >= 4 is 11.7 Å². The molecule has 0 bridgehead atoms. The summed E-state index contributed by atoms with van der Waals surface area (Å²) < 4.78 is 9.62. The zero-order chi connectivity index (χ0) is 12.1. The molecular formula is C11H12N2O3. The lowest BCUT2D eigenvalue weighted by Gasteiger charge is -2.09. The zero-order valence-corrected chi connectivity index (χ0v) is 9.11. The summed E-state index contributed by atoms with van der Waals surface area (Å²) in [7, 11) is 2.77. The SMILES string of the molecule is COC(=O)Cc1cc(N)c(C#N)cc1OC. The quantitative estimate of drug-likeness (QED) is 0.603. The number of hydrogen-bond donors (Lipinski definition) is 1. The Hall–Kier alpha value is -2.22. The van der Waals surface area contributed by atoms with Crippen LogP contribution in [0.1, 0.15) is 11.1 Å². The van der Waals surface area contributed by atoms with Gasteiger partial charge in [0.15, 0.2) is 0 Å². The monoisotopic (exact) mass is 220 g/mol. The van der Waals surface area contributed by atoms with Crippen LogP contribution in [0.25, 0.3) is 0 Å². The molecule has 16 heavy (non-hydrogen) atoms. The molecule has 1 aromatic carbocycles. The lowest BCUT2D eigenvalue weighted by atomic mass is 10.1. The molecule has 84 valence electrons. The molecule has 1 aromatic rings. The third kappa shape index (κ3) is 2.42. The first-order valence-corrected chi connectivity index (χ1v) is 4.55. The zero-order valence-electron chi connectivity index (χ0n) is 9.11. The molecule has 0 spiro atoms. The van der Waals surface area contributed by atoms with E-state index in [-0.39, 0.29) is 12.4 Å². The number of ether oxygens (including phenoxy) is 2. The first-order chi connectivity index (χ1) is 7.62. The molecule has 0 atom stereocenters. The number of methoxy groups -OCH3 is 2. The fraction of sp³-hybridized carbons (Fsp3) is 0.273. The highest BCUT2D eigenvalue weighted by Crippen LogP contribution is 2.25. The lowest BCUT2D eigenvalue weighted by Crippen LogP contribution is -2.07. The third-order valence-electron chi connectivity index (χ3n) is 2.14. The van der Waals surface area contributed by atoms with Gasteiger partial charge >= 0.3 is 5.97 Å². The lowest BCUT2D eigenvalue weighted by molar-refractivity contribution is -0.139. The van der Waals surface area contributed by atoms with E-state index in [1.54, 1.807) is 6.07 Å². The van der Waals surface area contributed by atoms with Crippen LogP contribution in [-0.4, -0.2) is 20.2 Å². The number of anilines is 1. The molecule has 0 unspecified atom stereocenters. The van der Waals surface area contributed by atoms with E-state index in [1.807, 2.05) is 6.07 Å². The summed E-state index contributed by atoms with van der Waals surface area (Å²) in [4.78, 5) is 11.1. The maximum Gasteiger partial charge on any atom is 0.310 e. The molecule has 0 aliphatic carbocycles. The van der Waals surface area contributed by atoms with Gasteiger partial charge in [-0.2, -0.15) is 5.26 Å². The molecule has 2 N–H and O–H groups in total. The highest BCUT2D eigenvalue weighted by atomic mass is 16.5. The normalized spacial score (nSPS) is 9.31. The van der Waals surface area contributed by atoms with Gasteiger partial charge in [0.25, 0.3) is 0 Å². The van der Waals surface area contributed by atoms with Crippen molar-refractivity contribution in [3.05, 3.63) is 23.3 Å². The number of rotatable bonds is 3. The Balaban J connectivity index is 3.14. The first kappa shape index (κ1) is 11.9. The van der Waals surface area contributed by atoms with E-state index in [1.165, 1.54) is 20.3 Å². The molecule has 0 aliphatic heterocycles. The van der Waals surface area contributed by atoms with Gasteiger partial charge in [-0.05, 0) is 6.07 Å². The number of carbonyl (C=O) groups excluding carboxylic acids is 1. The largest absolute Gasteiger partial charge is 0.496 e. The number of nitriles is 1. The van der Waals surface area contributed by atoms with Crippen molar-refractivity contribution in [1.82, 2.24) is 0 Å². The molecule has 0 aromatic heterocycles. The van der Waals surface area contributed by atoms with Gasteiger partial charge in [0, 0.05) is 17.3 Å². The van der Waals surface area contributed by atoms with Crippen LogP contribution in [0.15, 0.2) is 12.1 Å². The van der Waals surface area contributed by atoms with Crippen molar-refractivity contribution in [2.75, 3.05) is 20.0 Å². The van der Waals surface area contributed by atoms with E-state index in [4.69, 9.17) is 15.7 Å². The van der Waals surface area contributed by atoms with Crippen molar-refractivity contribution < 1.29 is 14.3 Å². The summed E-state index contributed by atoms with van der Waals surface area (Å²) in [6.07, 6.45) is 0.0651. The van der Waals surface area contributed by atoms with Gasteiger partial charge in [-0.1, -0.05) is 0 Å². The molecule has 1 rings (SSSR count). The first-order valence-electron chi connectivity index (χ1n) is 4.55. The highest BCUT2D eigenvalue weighted by molar-refractivity contribution is 5.75. The van der Waals surface area contributed by atoms with Gasteiger partial charge in [-0.15, -0.1) is 0 Å². The number of carbonyl (C=O) groups is 1. The Morgan fingerprint density at radius 2 is 2.19 bits per heavy atom. The van der Waals surface area contributed by atoms with Crippen LogP contribution >= 0.6 is 0 Å². The van der Waals surface area contributed by atoms with Crippen LogP contribution in [0, 0.1) is 11.3 Å². The van der Waals surface area contributed by atoms with E-state index in [2.05, 4.69) is 4.74 Å². The summed E-state index contributed by atoms with van der Waals surface area (Å²) >= 11 is 0. The number of benzene rings is 1. The van der Waals surface area contributed by atoms with E-state index in [0.29, 0.717) is 22.6 Å². The van der Waals surface area contributed by atoms with Crippen LogP contribution < -0.4 is 10.5 Å². The Bertz CT molecular complexity index is 449. The minimum Gasteiger partial charge on any atom is -0.496 e. The van der Waals surface area contributed by atoms with Crippen LogP contribution in [0.2, 0.25) is 0 Å². The summed E-state index contributed by atoms with van der Waals surface area (Å²) in [6, 6.07) is 5.00. The number of hydrogen-bond acceptors (Lipinski definition) is 5. The molecule has 0 fully saturated rings. The van der Waals surface area contributed by atoms with Crippen molar-refractivity contribution in [2.45, 2.75) is 6.42 Å². The van der Waals surface area contributed by atoms with Crippen molar-refractivity contribution in [3.8, 4) is 11.8 Å². The predicted molar refractivity (Wildman–Crippen MR) is 57.8 cm³/mol. The second kappa shape index (κ2) is 5.03. The van der Waals surface area contributed by atoms with Gasteiger partial charge < -0.3 is 15.2 Å². The smallest absolute Gasteiger partial charge is 0.310 e. The van der Waals surface area contributed by atoms with Gasteiger partial charge in [0.1, 0.15) is 11.8 Å². The third-order valence-corrected chi connectivity index (χ3v) is 2.14. The van der Waals surface area contributed by atoms with Crippen LogP contribution in [0.4, 0.5) is 5.69 Å². The van der Waals surface area contributed by atoms with Gasteiger partial charge in [-0.25, -0.2) is 0 Å². The molecule has 0 amide bonds. The van der Waals surface area contributed by atoms with E-state index in [0.717, 1.165) is 0 Å². The second-order valence-electron chi connectivity index (χ2n) is 3.12. The number of nitrogens with two attached hydrogens (primary N) is 1. The number of nitrogens with zero attached hydrogens (tertiary/aromatic N) is 1. The standard InChI is InChI=1S/C11H12N2O3/c1-15-10-4-8(6-12)9(13)3-7(10)5-11(14)16-2/h3-4H,5,13H2,1-2H3. The van der Waals surface area contributed by atoms with Crippen molar-refractivity contribution in [3.63, 3.8) is 0 Å². The predicted octanol–water partition coefficient (Wildman–Crippen LogP) is 0.865. The molecule has 0 heterocycles. The summed E-state index contributed by atoms with van der Waals surface area (Å²) in [5, 5.41) is 8.78. The fourth-order valence-electron chi connectivity index (χ4n) is 1.30. The molecule has 5 heteroatoms. The van der Waals surface area contributed by atoms with Crippen molar-refractivity contribution in [1.29, 1.82) is 5.26 Å². The summed E-state index contributed by atoms with van der Waals surface area (Å²) in [5.41, 5.74) is 6.89. The maximum absolute atomic E-state index is 11.1. The average molecular weight is 220 g/mol. The molecule has 0 saturated heterocycles. The van der Waals surface area contributed by atoms with E-state index in [9.17, 15) is 4.79 Å². The number of esters is 1. The Kier molecular flexibility index (Phi) is 3.72. The summed E-state index contributed by atoms with van der Waals surface area (Å²) in [5.74, 6) is 0.0681. The topological polar surface area (TPSA) is 85.3 Å². The average Bonchev–Trinajstić information content (AvgIpc) is 2.29. The van der Waals surface area contributed by atoms with Crippen molar-refractivity contribution in [2.24, 2.45) is 0 Å². The Morgan fingerprint density at radius 1 is 1.50 bits per heavy atom. The molecule has 5 nitrogen and oxygen atoms in total. The Morgan fingerprint density at radius 3 is 2.69 bits per heavy atom. The van der Waals surface area contributed by atoms with Gasteiger partial charge in [0.2, 0.25) is 0 Å². The minimum absolute atomic E-state index is 0.0651. The molecule has 0 radical (unpaired) electrons. The molecular weight excluding hydrogens is 208 g/mol. The summed E-state index contributed by atoms with van der Waals surface area (Å²) in [6.45, 7) is 0.